The van der Waals surface area contributed by atoms with E-state index in [0.717, 1.165) is 20.9 Å². The zero-order chi connectivity index (χ0) is 11.7. The maximum absolute atomic E-state index is 10.8. The van der Waals surface area contributed by atoms with Crippen LogP contribution in [0.1, 0.15) is 12.5 Å². The number of carbonyl (C=O) groups is 1. The largest absolute Gasteiger partial charge is 0.481 e. The summed E-state index contributed by atoms with van der Waals surface area (Å²) in [6.45, 7) is 1.72. The molecule has 1 aromatic carbocycles. The zero-order valence-corrected chi connectivity index (χ0v) is 10.4. The standard InChI is InChI=1S/C12H12BrNO2/c1-7(12(15)16)4-8-6-14-11-3-2-9(13)5-10(8)11/h2-3,5-7,14H,4H2,1H3,(H,15,16). The molecule has 0 radical (unpaired) electrons. The van der Waals surface area contributed by atoms with Crippen molar-refractivity contribution >= 4 is 32.8 Å². The van der Waals surface area contributed by atoms with Gasteiger partial charge in [0.2, 0.25) is 0 Å². The smallest absolute Gasteiger partial charge is 0.306 e. The number of aromatic amines is 1. The van der Waals surface area contributed by atoms with Crippen LogP contribution in [0.2, 0.25) is 0 Å². The molecule has 2 N–H and O–H groups in total. The Balaban J connectivity index is 2.37. The lowest BCUT2D eigenvalue weighted by Crippen LogP contribution is -2.11. The lowest BCUT2D eigenvalue weighted by molar-refractivity contribution is -0.141. The van der Waals surface area contributed by atoms with Crippen molar-refractivity contribution in [1.29, 1.82) is 0 Å². The van der Waals surface area contributed by atoms with Gasteiger partial charge in [-0.05, 0) is 30.2 Å². The molecular weight excluding hydrogens is 270 g/mol. The van der Waals surface area contributed by atoms with E-state index in [2.05, 4.69) is 20.9 Å². The SMILES string of the molecule is CC(Cc1c[nH]c2ccc(Br)cc12)C(=O)O. The van der Waals surface area contributed by atoms with E-state index in [0.29, 0.717) is 6.42 Å². The van der Waals surface area contributed by atoms with Crippen LogP contribution >= 0.6 is 15.9 Å². The molecule has 1 aromatic heterocycles. The molecule has 0 fully saturated rings. The fourth-order valence-corrected chi connectivity index (χ4v) is 2.10. The Bertz CT molecular complexity index is 533. The second-order valence-electron chi connectivity index (χ2n) is 3.95. The first-order valence-electron chi connectivity index (χ1n) is 5.06. The van der Waals surface area contributed by atoms with Gasteiger partial charge in [0.25, 0.3) is 0 Å². The Hall–Kier alpha value is -1.29. The van der Waals surface area contributed by atoms with E-state index in [1.54, 1.807) is 6.92 Å². The minimum Gasteiger partial charge on any atom is -0.481 e. The van der Waals surface area contributed by atoms with E-state index < -0.39 is 5.97 Å². The maximum Gasteiger partial charge on any atom is 0.306 e. The molecule has 0 aliphatic heterocycles. The van der Waals surface area contributed by atoms with Crippen LogP contribution in [0, 0.1) is 5.92 Å². The second kappa shape index (κ2) is 4.29. The van der Waals surface area contributed by atoms with Crippen molar-refractivity contribution in [3.63, 3.8) is 0 Å². The monoisotopic (exact) mass is 281 g/mol. The third kappa shape index (κ3) is 2.11. The highest BCUT2D eigenvalue weighted by Crippen LogP contribution is 2.24. The number of rotatable bonds is 3. The molecule has 2 aromatic rings. The first kappa shape index (κ1) is 11.2. The predicted molar refractivity (Wildman–Crippen MR) is 66.5 cm³/mol. The van der Waals surface area contributed by atoms with Crippen LogP contribution in [0.25, 0.3) is 10.9 Å². The molecule has 0 spiro atoms. The van der Waals surface area contributed by atoms with Gasteiger partial charge in [-0.25, -0.2) is 0 Å². The molecule has 16 heavy (non-hydrogen) atoms. The van der Waals surface area contributed by atoms with Crippen LogP contribution < -0.4 is 0 Å². The van der Waals surface area contributed by atoms with Crippen LogP contribution in [-0.4, -0.2) is 16.1 Å². The van der Waals surface area contributed by atoms with Crippen molar-refractivity contribution in [2.24, 2.45) is 5.92 Å². The molecular formula is C12H12BrNO2. The van der Waals surface area contributed by atoms with E-state index in [1.165, 1.54) is 0 Å². The molecule has 0 bridgehead atoms. The number of hydrogen-bond acceptors (Lipinski definition) is 1. The number of hydrogen-bond donors (Lipinski definition) is 2. The number of benzene rings is 1. The summed E-state index contributed by atoms with van der Waals surface area (Å²) in [5, 5.41) is 9.97. The molecule has 0 aliphatic rings. The van der Waals surface area contributed by atoms with Gasteiger partial charge in [-0.15, -0.1) is 0 Å². The molecule has 0 saturated carbocycles. The Morgan fingerprint density at radius 3 is 3.00 bits per heavy atom. The summed E-state index contributed by atoms with van der Waals surface area (Å²) in [6.07, 6.45) is 2.43. The van der Waals surface area contributed by atoms with Crippen LogP contribution in [0.3, 0.4) is 0 Å². The van der Waals surface area contributed by atoms with Crippen molar-refractivity contribution in [1.82, 2.24) is 4.98 Å². The zero-order valence-electron chi connectivity index (χ0n) is 8.83. The van der Waals surface area contributed by atoms with Gasteiger partial charge < -0.3 is 10.1 Å². The van der Waals surface area contributed by atoms with Gasteiger partial charge in [0.15, 0.2) is 0 Å². The summed E-state index contributed by atoms with van der Waals surface area (Å²) in [7, 11) is 0. The Kier molecular flexibility index (Phi) is 3.01. The molecule has 1 heterocycles. The van der Waals surface area contributed by atoms with Gasteiger partial charge in [-0.3, -0.25) is 4.79 Å². The highest BCUT2D eigenvalue weighted by molar-refractivity contribution is 9.10. The average molecular weight is 282 g/mol. The summed E-state index contributed by atoms with van der Waals surface area (Å²) in [4.78, 5) is 14.0. The molecule has 84 valence electrons. The summed E-state index contributed by atoms with van der Waals surface area (Å²) in [5.74, 6) is -1.12. The van der Waals surface area contributed by atoms with Crippen LogP contribution in [0.15, 0.2) is 28.9 Å². The number of carboxylic acids is 1. The Labute approximate surface area is 102 Å². The van der Waals surface area contributed by atoms with Gasteiger partial charge in [0, 0.05) is 21.6 Å². The molecule has 3 nitrogen and oxygen atoms in total. The third-order valence-electron chi connectivity index (χ3n) is 2.68. The number of fused-ring (bicyclic) bond motifs is 1. The highest BCUT2D eigenvalue weighted by Gasteiger charge is 2.14. The van der Waals surface area contributed by atoms with E-state index in [1.807, 2.05) is 24.4 Å². The van der Waals surface area contributed by atoms with Crippen molar-refractivity contribution < 1.29 is 9.90 Å². The number of aromatic nitrogens is 1. The first-order valence-corrected chi connectivity index (χ1v) is 5.85. The van der Waals surface area contributed by atoms with Crippen LogP contribution in [0.4, 0.5) is 0 Å². The first-order chi connectivity index (χ1) is 7.58. The summed E-state index contributed by atoms with van der Waals surface area (Å²) >= 11 is 3.42. The van der Waals surface area contributed by atoms with Gasteiger partial charge in [0.1, 0.15) is 0 Å². The fourth-order valence-electron chi connectivity index (χ4n) is 1.74. The van der Waals surface area contributed by atoms with Crippen molar-refractivity contribution in [2.45, 2.75) is 13.3 Å². The summed E-state index contributed by atoms with van der Waals surface area (Å²) in [5.41, 5.74) is 2.09. The van der Waals surface area contributed by atoms with Crippen molar-refractivity contribution in [3.8, 4) is 0 Å². The van der Waals surface area contributed by atoms with E-state index in [9.17, 15) is 4.79 Å². The fraction of sp³-hybridized carbons (Fsp3) is 0.250. The van der Waals surface area contributed by atoms with Gasteiger partial charge in [0.05, 0.1) is 5.92 Å². The summed E-state index contributed by atoms with van der Waals surface area (Å²) in [6, 6.07) is 5.95. The van der Waals surface area contributed by atoms with Crippen molar-refractivity contribution in [3.05, 3.63) is 34.4 Å². The number of halogens is 1. The summed E-state index contributed by atoms with van der Waals surface area (Å²) < 4.78 is 1.00. The molecule has 2 rings (SSSR count). The van der Waals surface area contributed by atoms with Crippen LogP contribution in [0.5, 0.6) is 0 Å². The van der Waals surface area contributed by atoms with E-state index in [4.69, 9.17) is 5.11 Å². The van der Waals surface area contributed by atoms with Gasteiger partial charge >= 0.3 is 5.97 Å². The lowest BCUT2D eigenvalue weighted by atomic mass is 10.0. The van der Waals surface area contributed by atoms with Crippen molar-refractivity contribution in [2.75, 3.05) is 0 Å². The molecule has 4 heteroatoms. The quantitative estimate of drug-likeness (QED) is 0.908. The maximum atomic E-state index is 10.8. The number of carboxylic acid groups (broad SMARTS) is 1. The van der Waals surface area contributed by atoms with Gasteiger partial charge in [-0.2, -0.15) is 0 Å². The normalized spacial score (nSPS) is 12.9. The topological polar surface area (TPSA) is 53.1 Å². The number of H-pyrrole nitrogens is 1. The highest BCUT2D eigenvalue weighted by atomic mass is 79.9. The minimum atomic E-state index is -0.760. The second-order valence-corrected chi connectivity index (χ2v) is 4.86. The Morgan fingerprint density at radius 1 is 1.56 bits per heavy atom. The minimum absolute atomic E-state index is 0.363. The van der Waals surface area contributed by atoms with Crippen LogP contribution in [-0.2, 0) is 11.2 Å². The average Bonchev–Trinajstić information content (AvgIpc) is 2.61. The molecule has 1 unspecified atom stereocenters. The van der Waals surface area contributed by atoms with Gasteiger partial charge in [-0.1, -0.05) is 22.9 Å². The number of nitrogens with one attached hydrogen (secondary N) is 1. The predicted octanol–water partition coefficient (Wildman–Crippen LogP) is 3.19. The Morgan fingerprint density at radius 2 is 2.31 bits per heavy atom. The van der Waals surface area contributed by atoms with E-state index >= 15 is 0 Å². The molecule has 0 amide bonds. The molecule has 0 aliphatic carbocycles. The molecule has 0 saturated heterocycles. The molecule has 1 atom stereocenters. The number of aliphatic carboxylic acids is 1. The lowest BCUT2D eigenvalue weighted by Gasteiger charge is -2.04. The van der Waals surface area contributed by atoms with E-state index in [-0.39, 0.29) is 5.92 Å². The third-order valence-corrected chi connectivity index (χ3v) is 3.17.